The molecule has 5 heteroatoms. The normalized spacial score (nSPS) is 10.8. The van der Waals surface area contributed by atoms with Gasteiger partial charge >= 0.3 is 0 Å². The molecule has 2 aromatic rings. The van der Waals surface area contributed by atoms with Crippen molar-refractivity contribution in [1.29, 1.82) is 0 Å². The van der Waals surface area contributed by atoms with Crippen molar-refractivity contribution in [2.45, 2.75) is 0 Å². The number of hydrogen-bond acceptors (Lipinski definition) is 2. The fourth-order valence-corrected chi connectivity index (χ4v) is 1.95. The van der Waals surface area contributed by atoms with Crippen molar-refractivity contribution < 1.29 is 14.0 Å². The van der Waals surface area contributed by atoms with Crippen LogP contribution in [0.1, 0.15) is 15.9 Å². The van der Waals surface area contributed by atoms with E-state index in [4.69, 9.17) is 0 Å². The van der Waals surface area contributed by atoms with Crippen molar-refractivity contribution in [3.63, 3.8) is 0 Å². The third kappa shape index (κ3) is 4.64. The van der Waals surface area contributed by atoms with Crippen LogP contribution in [0.4, 0.5) is 4.39 Å². The van der Waals surface area contributed by atoms with E-state index in [0.717, 1.165) is 0 Å². The van der Waals surface area contributed by atoms with Crippen LogP contribution in [0.3, 0.4) is 0 Å². The Hall–Kier alpha value is -3.21. The van der Waals surface area contributed by atoms with Crippen molar-refractivity contribution in [3.8, 4) is 0 Å². The Morgan fingerprint density at radius 3 is 2.38 bits per heavy atom. The summed E-state index contributed by atoms with van der Waals surface area (Å²) < 4.78 is 13.8. The molecule has 0 saturated carbocycles. The van der Waals surface area contributed by atoms with Gasteiger partial charge in [-0.3, -0.25) is 9.59 Å². The maximum atomic E-state index is 13.8. The molecule has 0 atom stereocenters. The number of carbonyl (C=O) groups excluding carboxylic acids is 2. The van der Waals surface area contributed by atoms with Gasteiger partial charge in [-0.2, -0.15) is 0 Å². The molecule has 0 saturated heterocycles. The number of nitrogens with one attached hydrogen (secondary N) is 2. The van der Waals surface area contributed by atoms with Crippen LogP contribution in [0, 0.1) is 5.82 Å². The lowest BCUT2D eigenvalue weighted by molar-refractivity contribution is -0.117. The van der Waals surface area contributed by atoms with Crippen molar-refractivity contribution in [2.75, 3.05) is 6.54 Å². The summed E-state index contributed by atoms with van der Waals surface area (Å²) >= 11 is 0. The van der Waals surface area contributed by atoms with Gasteiger partial charge in [-0.15, -0.1) is 6.58 Å². The lowest BCUT2D eigenvalue weighted by Crippen LogP contribution is -2.35. The van der Waals surface area contributed by atoms with E-state index in [1.54, 1.807) is 42.5 Å². The number of halogens is 1. The molecule has 122 valence electrons. The molecule has 0 radical (unpaired) electrons. The summed E-state index contributed by atoms with van der Waals surface area (Å²) in [5.74, 6) is -1.46. The molecule has 0 bridgehead atoms. The zero-order valence-electron chi connectivity index (χ0n) is 13.0. The Balaban J connectivity index is 2.29. The Morgan fingerprint density at radius 1 is 1.04 bits per heavy atom. The highest BCUT2D eigenvalue weighted by Crippen LogP contribution is 2.11. The highest BCUT2D eigenvalue weighted by Gasteiger charge is 2.14. The largest absolute Gasteiger partial charge is 0.347 e. The monoisotopic (exact) mass is 324 g/mol. The van der Waals surface area contributed by atoms with Crippen molar-refractivity contribution in [2.24, 2.45) is 0 Å². The second kappa shape index (κ2) is 8.43. The fourth-order valence-electron chi connectivity index (χ4n) is 1.95. The van der Waals surface area contributed by atoms with Crippen molar-refractivity contribution >= 4 is 17.9 Å². The zero-order chi connectivity index (χ0) is 17.4. The molecule has 4 nitrogen and oxygen atoms in total. The molecule has 0 aliphatic rings. The van der Waals surface area contributed by atoms with E-state index in [1.165, 1.54) is 24.3 Å². The van der Waals surface area contributed by atoms with Gasteiger partial charge in [0.15, 0.2) is 0 Å². The molecule has 0 unspecified atom stereocenters. The summed E-state index contributed by atoms with van der Waals surface area (Å²) in [4.78, 5) is 24.5. The lowest BCUT2D eigenvalue weighted by atomic mass is 10.1. The average molecular weight is 324 g/mol. The van der Waals surface area contributed by atoms with Gasteiger partial charge < -0.3 is 10.6 Å². The molecule has 2 rings (SSSR count). The Morgan fingerprint density at radius 2 is 1.71 bits per heavy atom. The molecule has 0 fully saturated rings. The van der Waals surface area contributed by atoms with E-state index in [9.17, 15) is 14.0 Å². The third-order valence-electron chi connectivity index (χ3n) is 3.14. The summed E-state index contributed by atoms with van der Waals surface area (Å²) in [6.45, 7) is 3.75. The number of hydrogen-bond donors (Lipinski definition) is 2. The number of carbonyl (C=O) groups is 2. The lowest BCUT2D eigenvalue weighted by Gasteiger charge is -2.10. The summed E-state index contributed by atoms with van der Waals surface area (Å²) in [5.41, 5.74) is 0.555. The summed E-state index contributed by atoms with van der Waals surface area (Å²) in [6, 6.07) is 14.5. The second-order valence-corrected chi connectivity index (χ2v) is 4.90. The number of rotatable bonds is 6. The third-order valence-corrected chi connectivity index (χ3v) is 3.14. The molecule has 0 aliphatic carbocycles. The average Bonchev–Trinajstić information content (AvgIpc) is 2.61. The predicted molar refractivity (Wildman–Crippen MR) is 91.5 cm³/mol. The van der Waals surface area contributed by atoms with Gasteiger partial charge in [-0.05, 0) is 24.3 Å². The standard InChI is InChI=1S/C19H17FN2O2/c1-2-12-21-19(24)17(13-15-10-6-7-11-16(15)20)22-18(23)14-8-4-3-5-9-14/h2-11,13H,1,12H2,(H,21,24)(H,22,23)/b17-13-. The van der Waals surface area contributed by atoms with Gasteiger partial charge in [-0.1, -0.05) is 42.5 Å². The molecular weight excluding hydrogens is 307 g/mol. The maximum Gasteiger partial charge on any atom is 0.268 e. The van der Waals surface area contributed by atoms with E-state index in [2.05, 4.69) is 17.2 Å². The van der Waals surface area contributed by atoms with Crippen LogP contribution in [-0.4, -0.2) is 18.4 Å². The summed E-state index contributed by atoms with van der Waals surface area (Å²) in [6.07, 6.45) is 2.81. The minimum Gasteiger partial charge on any atom is -0.347 e. The molecular formula is C19H17FN2O2. The Labute approximate surface area is 139 Å². The van der Waals surface area contributed by atoms with Crippen LogP contribution >= 0.6 is 0 Å². The maximum absolute atomic E-state index is 13.8. The summed E-state index contributed by atoms with van der Waals surface area (Å²) in [5, 5.41) is 5.09. The quantitative estimate of drug-likeness (QED) is 0.634. The molecule has 2 aromatic carbocycles. The molecule has 24 heavy (non-hydrogen) atoms. The van der Waals surface area contributed by atoms with Gasteiger partial charge in [0.25, 0.3) is 11.8 Å². The highest BCUT2D eigenvalue weighted by atomic mass is 19.1. The van der Waals surface area contributed by atoms with E-state index in [0.29, 0.717) is 5.56 Å². The van der Waals surface area contributed by atoms with Crippen LogP contribution in [0.2, 0.25) is 0 Å². The first-order chi connectivity index (χ1) is 11.6. The molecule has 2 amide bonds. The summed E-state index contributed by atoms with van der Waals surface area (Å²) in [7, 11) is 0. The van der Waals surface area contributed by atoms with Crippen LogP contribution in [0.25, 0.3) is 6.08 Å². The van der Waals surface area contributed by atoms with Gasteiger partial charge in [0.2, 0.25) is 0 Å². The minimum absolute atomic E-state index is 0.0456. The number of benzene rings is 2. The molecule has 0 heterocycles. The van der Waals surface area contributed by atoms with E-state index < -0.39 is 17.6 Å². The Bertz CT molecular complexity index is 770. The van der Waals surface area contributed by atoms with Crippen LogP contribution in [-0.2, 0) is 4.79 Å². The first-order valence-electron chi connectivity index (χ1n) is 7.33. The van der Waals surface area contributed by atoms with E-state index in [-0.39, 0.29) is 17.8 Å². The van der Waals surface area contributed by atoms with E-state index >= 15 is 0 Å². The topological polar surface area (TPSA) is 58.2 Å². The Kier molecular flexibility index (Phi) is 6.02. The van der Waals surface area contributed by atoms with Gasteiger partial charge in [0.05, 0.1) is 0 Å². The van der Waals surface area contributed by atoms with Crippen molar-refractivity contribution in [3.05, 3.63) is 89.9 Å². The first kappa shape index (κ1) is 17.1. The SMILES string of the molecule is C=CCNC(=O)/C(=C/c1ccccc1F)NC(=O)c1ccccc1. The van der Waals surface area contributed by atoms with Gasteiger partial charge in [0, 0.05) is 17.7 Å². The fraction of sp³-hybridized carbons (Fsp3) is 0.0526. The highest BCUT2D eigenvalue weighted by molar-refractivity contribution is 6.05. The second-order valence-electron chi connectivity index (χ2n) is 4.90. The number of amides is 2. The molecule has 2 N–H and O–H groups in total. The molecule has 0 aliphatic heterocycles. The van der Waals surface area contributed by atoms with Crippen molar-refractivity contribution in [1.82, 2.24) is 10.6 Å². The zero-order valence-corrected chi connectivity index (χ0v) is 13.0. The van der Waals surface area contributed by atoms with Crippen LogP contribution in [0.15, 0.2) is 72.9 Å². The van der Waals surface area contributed by atoms with Gasteiger partial charge in [-0.25, -0.2) is 4.39 Å². The molecule has 0 aromatic heterocycles. The smallest absolute Gasteiger partial charge is 0.268 e. The minimum atomic E-state index is -0.526. The first-order valence-corrected chi connectivity index (χ1v) is 7.33. The van der Waals surface area contributed by atoms with Gasteiger partial charge in [0.1, 0.15) is 11.5 Å². The van der Waals surface area contributed by atoms with E-state index in [1.807, 2.05) is 0 Å². The predicted octanol–water partition coefficient (Wildman–Crippen LogP) is 2.90. The van der Waals surface area contributed by atoms with Crippen LogP contribution in [0.5, 0.6) is 0 Å². The van der Waals surface area contributed by atoms with Crippen LogP contribution < -0.4 is 10.6 Å². The molecule has 0 spiro atoms.